The van der Waals surface area contributed by atoms with Crippen LogP contribution < -0.4 is 15.4 Å². The quantitative estimate of drug-likeness (QED) is 0.535. The fourth-order valence-corrected chi connectivity index (χ4v) is 3.22. The second-order valence-electron chi connectivity index (χ2n) is 6.76. The molecule has 9 nitrogen and oxygen atoms in total. The second kappa shape index (κ2) is 8.95. The van der Waals surface area contributed by atoms with Crippen LogP contribution in [0.4, 0.5) is 11.4 Å². The summed E-state index contributed by atoms with van der Waals surface area (Å²) in [6.45, 7) is -0.162. The van der Waals surface area contributed by atoms with Gasteiger partial charge in [-0.3, -0.25) is 9.59 Å². The van der Waals surface area contributed by atoms with Crippen LogP contribution in [-0.4, -0.2) is 44.9 Å². The molecule has 0 atom stereocenters. The van der Waals surface area contributed by atoms with Gasteiger partial charge in [-0.05, 0) is 59.9 Å². The molecule has 0 bridgehead atoms. The highest BCUT2D eigenvalue weighted by Crippen LogP contribution is 2.30. The largest absolute Gasteiger partial charge is 0.484 e. The first-order chi connectivity index (χ1) is 14.6. The van der Waals surface area contributed by atoms with Gasteiger partial charge in [0.25, 0.3) is 5.91 Å². The van der Waals surface area contributed by atoms with E-state index in [1.807, 2.05) is 18.4 Å². The number of hydrogen-bond acceptors (Lipinski definition) is 7. The Hall–Kier alpha value is -3.40. The predicted octanol–water partition coefficient (Wildman–Crippen LogP) is 2.75. The van der Waals surface area contributed by atoms with Crippen molar-refractivity contribution in [2.45, 2.75) is 18.0 Å². The fraction of sp³-hybridized carbons (Fsp3) is 0.250. The Morgan fingerprint density at radius 1 is 1.13 bits per heavy atom. The van der Waals surface area contributed by atoms with Crippen LogP contribution in [0.2, 0.25) is 0 Å². The van der Waals surface area contributed by atoms with Crippen LogP contribution in [0.25, 0.3) is 5.69 Å². The van der Waals surface area contributed by atoms with E-state index in [0.717, 1.165) is 18.5 Å². The van der Waals surface area contributed by atoms with Crippen molar-refractivity contribution in [1.29, 1.82) is 0 Å². The zero-order valence-corrected chi connectivity index (χ0v) is 17.1. The van der Waals surface area contributed by atoms with Gasteiger partial charge in [-0.1, -0.05) is 23.9 Å². The van der Waals surface area contributed by atoms with Crippen molar-refractivity contribution < 1.29 is 14.3 Å². The molecule has 1 saturated carbocycles. The average Bonchev–Trinajstić information content (AvgIpc) is 3.50. The standard InChI is InChI=1S/C20H20N6O3S/c1-30-20-23-24-25-26(20)16-6-2-4-14(10-16)21-18(27)12-29-17-7-3-5-15(11-17)22-19(28)13-8-9-13/h2-7,10-11,13H,8-9,12H2,1H3,(H,21,27)(H,22,28). The molecule has 1 aliphatic carbocycles. The molecular formula is C20H20N6O3S. The maximum Gasteiger partial charge on any atom is 0.262 e. The normalized spacial score (nSPS) is 13.0. The molecule has 2 amide bonds. The SMILES string of the molecule is CSc1nnnn1-c1cccc(NC(=O)COc2cccc(NC(=O)C3CC3)c2)c1. The molecule has 154 valence electrons. The Morgan fingerprint density at radius 2 is 1.90 bits per heavy atom. The third-order valence-electron chi connectivity index (χ3n) is 4.42. The molecule has 1 aliphatic rings. The van der Waals surface area contributed by atoms with Gasteiger partial charge in [0, 0.05) is 23.4 Å². The second-order valence-corrected chi connectivity index (χ2v) is 7.53. The highest BCUT2D eigenvalue weighted by atomic mass is 32.2. The Labute approximate surface area is 177 Å². The van der Waals surface area contributed by atoms with Gasteiger partial charge in [0.15, 0.2) is 6.61 Å². The molecule has 3 aromatic rings. The van der Waals surface area contributed by atoms with Crippen LogP contribution in [0.5, 0.6) is 5.75 Å². The minimum atomic E-state index is -0.304. The van der Waals surface area contributed by atoms with E-state index in [1.54, 1.807) is 41.1 Å². The van der Waals surface area contributed by atoms with E-state index >= 15 is 0 Å². The van der Waals surface area contributed by atoms with E-state index in [-0.39, 0.29) is 24.3 Å². The van der Waals surface area contributed by atoms with Gasteiger partial charge in [-0.15, -0.1) is 5.10 Å². The highest BCUT2D eigenvalue weighted by Gasteiger charge is 2.29. The Bertz CT molecular complexity index is 1070. The number of amides is 2. The molecular weight excluding hydrogens is 404 g/mol. The number of hydrogen-bond donors (Lipinski definition) is 2. The number of ether oxygens (including phenoxy) is 1. The Kier molecular flexibility index (Phi) is 5.94. The van der Waals surface area contributed by atoms with Crippen molar-refractivity contribution >= 4 is 35.0 Å². The minimum Gasteiger partial charge on any atom is -0.484 e. The van der Waals surface area contributed by atoms with Crippen LogP contribution >= 0.6 is 11.8 Å². The molecule has 4 rings (SSSR count). The van der Waals surface area contributed by atoms with Crippen molar-refractivity contribution in [3.05, 3.63) is 48.5 Å². The number of aromatic nitrogens is 4. The lowest BCUT2D eigenvalue weighted by atomic mass is 10.2. The summed E-state index contributed by atoms with van der Waals surface area (Å²) < 4.78 is 7.17. The van der Waals surface area contributed by atoms with Crippen LogP contribution in [0.3, 0.4) is 0 Å². The molecule has 30 heavy (non-hydrogen) atoms. The van der Waals surface area contributed by atoms with Crippen LogP contribution in [0.15, 0.2) is 53.7 Å². The van der Waals surface area contributed by atoms with Gasteiger partial charge in [0.1, 0.15) is 5.75 Å². The summed E-state index contributed by atoms with van der Waals surface area (Å²) in [6.07, 6.45) is 3.77. The fourth-order valence-electron chi connectivity index (χ4n) is 2.78. The third-order valence-corrected chi connectivity index (χ3v) is 5.04. The zero-order chi connectivity index (χ0) is 20.9. The molecule has 1 fully saturated rings. The van der Waals surface area contributed by atoms with Crippen molar-refractivity contribution in [2.24, 2.45) is 5.92 Å². The average molecular weight is 424 g/mol. The molecule has 0 aliphatic heterocycles. The molecule has 0 saturated heterocycles. The number of rotatable bonds is 8. The predicted molar refractivity (Wildman–Crippen MR) is 113 cm³/mol. The molecule has 2 N–H and O–H groups in total. The maximum atomic E-state index is 12.3. The number of nitrogens with zero attached hydrogens (tertiary/aromatic N) is 4. The molecule has 0 spiro atoms. The summed E-state index contributed by atoms with van der Waals surface area (Å²) in [5, 5.41) is 17.9. The number of thioether (sulfide) groups is 1. The Balaban J connectivity index is 1.34. The lowest BCUT2D eigenvalue weighted by Crippen LogP contribution is -2.20. The van der Waals surface area contributed by atoms with E-state index < -0.39 is 0 Å². The van der Waals surface area contributed by atoms with Crippen molar-refractivity contribution in [2.75, 3.05) is 23.5 Å². The van der Waals surface area contributed by atoms with Crippen LogP contribution in [0.1, 0.15) is 12.8 Å². The van der Waals surface area contributed by atoms with Gasteiger partial charge in [-0.25, -0.2) is 0 Å². The maximum absolute atomic E-state index is 12.3. The van der Waals surface area contributed by atoms with E-state index in [1.165, 1.54) is 11.8 Å². The summed E-state index contributed by atoms with van der Waals surface area (Å²) >= 11 is 1.43. The van der Waals surface area contributed by atoms with E-state index in [0.29, 0.717) is 22.3 Å². The van der Waals surface area contributed by atoms with Crippen molar-refractivity contribution in [3.8, 4) is 11.4 Å². The molecule has 1 aromatic heterocycles. The van der Waals surface area contributed by atoms with Gasteiger partial charge < -0.3 is 15.4 Å². The van der Waals surface area contributed by atoms with Gasteiger partial charge >= 0.3 is 0 Å². The molecule has 1 heterocycles. The number of anilines is 2. The smallest absolute Gasteiger partial charge is 0.262 e. The van der Waals surface area contributed by atoms with Crippen LogP contribution in [0, 0.1) is 5.92 Å². The molecule has 0 unspecified atom stereocenters. The number of carbonyl (C=O) groups excluding carboxylic acids is 2. The number of carbonyl (C=O) groups is 2. The van der Waals surface area contributed by atoms with E-state index in [4.69, 9.17) is 4.74 Å². The summed E-state index contributed by atoms with van der Waals surface area (Å²) in [4.78, 5) is 24.2. The highest BCUT2D eigenvalue weighted by molar-refractivity contribution is 7.98. The van der Waals surface area contributed by atoms with E-state index in [9.17, 15) is 9.59 Å². The minimum absolute atomic E-state index is 0.0250. The van der Waals surface area contributed by atoms with Crippen molar-refractivity contribution in [3.63, 3.8) is 0 Å². The monoisotopic (exact) mass is 424 g/mol. The first kappa shape index (κ1) is 19.9. The summed E-state index contributed by atoms with van der Waals surface area (Å²) in [5.74, 6) is 0.348. The summed E-state index contributed by atoms with van der Waals surface area (Å²) in [5.41, 5.74) is 2.00. The number of benzene rings is 2. The number of tetrazole rings is 1. The van der Waals surface area contributed by atoms with E-state index in [2.05, 4.69) is 26.2 Å². The van der Waals surface area contributed by atoms with Gasteiger partial charge in [-0.2, -0.15) is 4.68 Å². The first-order valence-corrected chi connectivity index (χ1v) is 10.6. The van der Waals surface area contributed by atoms with Gasteiger partial charge in [0.05, 0.1) is 5.69 Å². The van der Waals surface area contributed by atoms with Gasteiger partial charge in [0.2, 0.25) is 11.1 Å². The Morgan fingerprint density at radius 3 is 2.67 bits per heavy atom. The number of nitrogens with one attached hydrogen (secondary N) is 2. The molecule has 2 aromatic carbocycles. The zero-order valence-electron chi connectivity index (χ0n) is 16.2. The van der Waals surface area contributed by atoms with Crippen LogP contribution in [-0.2, 0) is 9.59 Å². The molecule has 0 radical (unpaired) electrons. The van der Waals surface area contributed by atoms with Crippen molar-refractivity contribution in [1.82, 2.24) is 20.2 Å². The summed E-state index contributed by atoms with van der Waals surface area (Å²) in [6, 6.07) is 14.2. The topological polar surface area (TPSA) is 111 Å². The summed E-state index contributed by atoms with van der Waals surface area (Å²) in [7, 11) is 0. The first-order valence-electron chi connectivity index (χ1n) is 9.39. The third kappa shape index (κ3) is 4.95. The molecule has 10 heteroatoms. The lowest BCUT2D eigenvalue weighted by molar-refractivity contribution is -0.118. The lowest BCUT2D eigenvalue weighted by Gasteiger charge is -2.10.